The van der Waals surface area contributed by atoms with Crippen LogP contribution in [0.3, 0.4) is 0 Å². The van der Waals surface area contributed by atoms with Gasteiger partial charge in [0, 0.05) is 35.9 Å². The molecule has 1 fully saturated rings. The van der Waals surface area contributed by atoms with Crippen molar-refractivity contribution in [2.24, 2.45) is 5.92 Å². The molecule has 4 heteroatoms. The number of aryl methyl sites for hydroxylation is 1. The fourth-order valence-corrected chi connectivity index (χ4v) is 3.61. The van der Waals surface area contributed by atoms with E-state index in [1.807, 2.05) is 11.3 Å². The summed E-state index contributed by atoms with van der Waals surface area (Å²) < 4.78 is 5.61. The molecule has 1 N–H and O–H groups in total. The smallest absolute Gasteiger partial charge is 0.0674 e. The van der Waals surface area contributed by atoms with E-state index >= 15 is 0 Å². The lowest BCUT2D eigenvalue weighted by atomic mass is 10.2. The van der Waals surface area contributed by atoms with Gasteiger partial charge < -0.3 is 10.1 Å². The molecule has 1 aliphatic rings. The second kappa shape index (κ2) is 7.55. The van der Waals surface area contributed by atoms with Gasteiger partial charge in [-0.15, -0.1) is 11.3 Å². The largest absolute Gasteiger partial charge is 0.376 e. The summed E-state index contributed by atoms with van der Waals surface area (Å²) in [5, 5.41) is 3.53. The van der Waals surface area contributed by atoms with Gasteiger partial charge in [0.25, 0.3) is 0 Å². The fourth-order valence-electron chi connectivity index (χ4n) is 2.59. The van der Waals surface area contributed by atoms with Gasteiger partial charge in [0.15, 0.2) is 0 Å². The summed E-state index contributed by atoms with van der Waals surface area (Å²) >= 11 is 1.93. The summed E-state index contributed by atoms with van der Waals surface area (Å²) in [5.41, 5.74) is 1.49. The van der Waals surface area contributed by atoms with Gasteiger partial charge in [-0.1, -0.05) is 13.8 Å². The summed E-state index contributed by atoms with van der Waals surface area (Å²) in [6, 6.07) is 2.38. The van der Waals surface area contributed by atoms with Crippen LogP contribution < -0.4 is 5.32 Å². The van der Waals surface area contributed by atoms with Crippen molar-refractivity contribution in [3.8, 4) is 0 Å². The second-order valence-electron chi connectivity index (χ2n) is 6.24. The first-order valence-corrected chi connectivity index (χ1v) is 8.49. The van der Waals surface area contributed by atoms with Gasteiger partial charge in [-0.05, 0) is 37.9 Å². The van der Waals surface area contributed by atoms with Crippen LogP contribution >= 0.6 is 11.3 Å². The molecule has 1 aromatic heterocycles. The van der Waals surface area contributed by atoms with Crippen LogP contribution in [-0.4, -0.2) is 37.2 Å². The minimum absolute atomic E-state index is 0.370. The highest BCUT2D eigenvalue weighted by molar-refractivity contribution is 7.12. The zero-order chi connectivity index (χ0) is 14.5. The number of nitrogens with one attached hydrogen (secondary N) is 1. The maximum absolute atomic E-state index is 5.61. The number of ether oxygens (including phenoxy) is 1. The second-order valence-corrected chi connectivity index (χ2v) is 7.58. The van der Waals surface area contributed by atoms with Crippen LogP contribution in [0.4, 0.5) is 0 Å². The fraction of sp³-hybridized carbons (Fsp3) is 0.750. The summed E-state index contributed by atoms with van der Waals surface area (Å²) in [6.07, 6.45) is 0.370. The van der Waals surface area contributed by atoms with Crippen LogP contribution in [-0.2, 0) is 17.8 Å². The van der Waals surface area contributed by atoms with E-state index in [4.69, 9.17) is 4.74 Å². The molecule has 20 heavy (non-hydrogen) atoms. The lowest BCUT2D eigenvalue weighted by Gasteiger charge is -2.31. The number of morpholine rings is 1. The molecule has 3 nitrogen and oxygen atoms in total. The lowest BCUT2D eigenvalue weighted by molar-refractivity contribution is -0.0212. The Morgan fingerprint density at radius 3 is 3.00 bits per heavy atom. The third-order valence-electron chi connectivity index (χ3n) is 3.64. The minimum atomic E-state index is 0.370. The van der Waals surface area contributed by atoms with Gasteiger partial charge >= 0.3 is 0 Å². The van der Waals surface area contributed by atoms with Crippen LogP contribution in [0, 0.1) is 12.8 Å². The molecular weight excluding hydrogens is 268 g/mol. The minimum Gasteiger partial charge on any atom is -0.376 e. The Kier molecular flexibility index (Phi) is 6.02. The maximum atomic E-state index is 5.61. The van der Waals surface area contributed by atoms with Crippen LogP contribution in [0.5, 0.6) is 0 Å². The van der Waals surface area contributed by atoms with Gasteiger partial charge in [-0.2, -0.15) is 0 Å². The SMILES string of the molecule is Cc1sc(CNCC(C)C)cc1CN1CCOC(C)C1. The third-order valence-corrected chi connectivity index (χ3v) is 4.74. The van der Waals surface area contributed by atoms with Crippen molar-refractivity contribution in [2.45, 2.75) is 46.9 Å². The molecule has 1 aliphatic heterocycles. The van der Waals surface area contributed by atoms with Crippen LogP contribution in [0.15, 0.2) is 6.07 Å². The molecule has 0 bridgehead atoms. The number of thiophene rings is 1. The molecule has 0 saturated carbocycles. The molecule has 1 saturated heterocycles. The molecule has 1 atom stereocenters. The molecule has 1 aromatic rings. The van der Waals surface area contributed by atoms with Crippen molar-refractivity contribution < 1.29 is 4.74 Å². The normalized spacial score (nSPS) is 20.8. The van der Waals surface area contributed by atoms with Crippen molar-refractivity contribution in [3.63, 3.8) is 0 Å². The summed E-state index contributed by atoms with van der Waals surface area (Å²) in [5.74, 6) is 0.713. The Morgan fingerprint density at radius 2 is 2.30 bits per heavy atom. The van der Waals surface area contributed by atoms with Crippen LogP contribution in [0.1, 0.15) is 36.1 Å². The van der Waals surface area contributed by atoms with Crippen LogP contribution in [0.25, 0.3) is 0 Å². The topological polar surface area (TPSA) is 24.5 Å². The van der Waals surface area contributed by atoms with E-state index in [9.17, 15) is 0 Å². The molecule has 1 unspecified atom stereocenters. The standard InChI is InChI=1S/C16H28N2OS/c1-12(2)8-17-9-16-7-15(14(4)20-16)11-18-5-6-19-13(3)10-18/h7,12-13,17H,5-6,8-11H2,1-4H3. The van der Waals surface area contributed by atoms with Crippen molar-refractivity contribution in [1.29, 1.82) is 0 Å². The molecule has 0 radical (unpaired) electrons. The van der Waals surface area contributed by atoms with Crippen molar-refractivity contribution >= 4 is 11.3 Å². The predicted molar refractivity (Wildman–Crippen MR) is 86.3 cm³/mol. The predicted octanol–water partition coefficient (Wildman–Crippen LogP) is 3.02. The molecule has 0 spiro atoms. The van der Waals surface area contributed by atoms with Gasteiger partial charge in [0.05, 0.1) is 12.7 Å². The van der Waals surface area contributed by atoms with Crippen molar-refractivity contribution in [3.05, 3.63) is 21.4 Å². The van der Waals surface area contributed by atoms with E-state index in [0.29, 0.717) is 12.0 Å². The zero-order valence-electron chi connectivity index (χ0n) is 13.2. The molecular formula is C16H28N2OS. The maximum Gasteiger partial charge on any atom is 0.0674 e. The Morgan fingerprint density at radius 1 is 1.50 bits per heavy atom. The highest BCUT2D eigenvalue weighted by atomic mass is 32.1. The Labute approximate surface area is 127 Å². The number of hydrogen-bond donors (Lipinski definition) is 1. The monoisotopic (exact) mass is 296 g/mol. The number of rotatable bonds is 6. The first-order chi connectivity index (χ1) is 9.54. The highest BCUT2D eigenvalue weighted by Gasteiger charge is 2.18. The van der Waals surface area contributed by atoms with E-state index in [0.717, 1.165) is 39.3 Å². The van der Waals surface area contributed by atoms with Gasteiger partial charge in [0.2, 0.25) is 0 Å². The Bertz CT molecular complexity index is 417. The summed E-state index contributed by atoms with van der Waals surface area (Å²) in [6.45, 7) is 15.0. The van der Waals surface area contributed by atoms with E-state index in [1.54, 1.807) is 0 Å². The summed E-state index contributed by atoms with van der Waals surface area (Å²) in [4.78, 5) is 5.43. The first-order valence-electron chi connectivity index (χ1n) is 7.67. The van der Waals surface area contributed by atoms with E-state index in [2.05, 4.69) is 44.0 Å². The van der Waals surface area contributed by atoms with Gasteiger partial charge in [-0.3, -0.25) is 4.90 Å². The van der Waals surface area contributed by atoms with E-state index in [-0.39, 0.29) is 0 Å². The quantitative estimate of drug-likeness (QED) is 0.873. The lowest BCUT2D eigenvalue weighted by Crippen LogP contribution is -2.40. The Hall–Kier alpha value is -0.420. The van der Waals surface area contributed by atoms with Crippen molar-refractivity contribution in [2.75, 3.05) is 26.2 Å². The number of hydrogen-bond acceptors (Lipinski definition) is 4. The molecule has 2 heterocycles. The van der Waals surface area contributed by atoms with Gasteiger partial charge in [0.1, 0.15) is 0 Å². The molecule has 0 amide bonds. The molecule has 0 aromatic carbocycles. The van der Waals surface area contributed by atoms with Gasteiger partial charge in [-0.25, -0.2) is 0 Å². The average molecular weight is 296 g/mol. The van der Waals surface area contributed by atoms with Crippen molar-refractivity contribution in [1.82, 2.24) is 10.2 Å². The number of nitrogens with zero attached hydrogens (tertiary/aromatic N) is 1. The van der Waals surface area contributed by atoms with Crippen LogP contribution in [0.2, 0.25) is 0 Å². The first kappa shape index (κ1) is 16.0. The molecule has 114 valence electrons. The molecule has 2 rings (SSSR count). The summed E-state index contributed by atoms with van der Waals surface area (Å²) in [7, 11) is 0. The third kappa shape index (κ3) is 4.85. The average Bonchev–Trinajstić information content (AvgIpc) is 2.69. The van der Waals surface area contributed by atoms with E-state index in [1.165, 1.54) is 15.3 Å². The molecule has 0 aliphatic carbocycles. The van der Waals surface area contributed by atoms with E-state index < -0.39 is 0 Å². The highest BCUT2D eigenvalue weighted by Crippen LogP contribution is 2.23. The Balaban J connectivity index is 1.86. The zero-order valence-corrected chi connectivity index (χ0v) is 14.1.